The zero-order chi connectivity index (χ0) is 27.9. The van der Waals surface area contributed by atoms with E-state index in [9.17, 15) is 31.2 Å². The quantitative estimate of drug-likeness (QED) is 0.557. The lowest BCUT2D eigenvalue weighted by Crippen LogP contribution is -2.53. The van der Waals surface area contributed by atoms with Crippen LogP contribution in [0.2, 0.25) is 0 Å². The molecule has 1 aromatic rings. The highest BCUT2D eigenvalue weighted by molar-refractivity contribution is 7.87. The number of alkyl halides is 3. The van der Waals surface area contributed by atoms with Gasteiger partial charge in [0.1, 0.15) is 11.6 Å². The number of amides is 2. The number of benzene rings is 1. The molecule has 15 heteroatoms. The van der Waals surface area contributed by atoms with Crippen molar-refractivity contribution in [3.63, 3.8) is 0 Å². The van der Waals surface area contributed by atoms with Crippen LogP contribution in [0.25, 0.3) is 0 Å². The van der Waals surface area contributed by atoms with E-state index in [-0.39, 0.29) is 42.8 Å². The Bertz CT molecular complexity index is 1250. The molecule has 0 bridgehead atoms. The third-order valence-corrected chi connectivity index (χ3v) is 7.73. The first kappa shape index (κ1) is 28.6. The number of anilines is 1. The Balaban J connectivity index is 1.74. The average Bonchev–Trinajstić information content (AvgIpc) is 2.99. The standard InChI is InChI=1S/C22H26F3N5O5S2/c1-13-18(31)30(16-6-5-14(12-26)17(11-16)22(23,24)25)20(36)29(13)15-7-9-28(10-8-15)37(33,34)27-19(32)35-21(2,3)4/h5-6,11,13,15H,7-10H2,1-4H3,(H,27,32). The normalized spacial score (nSPS) is 20.2. The highest BCUT2D eigenvalue weighted by Gasteiger charge is 2.46. The number of thiocarbonyl (C=S) groups is 1. The molecular weight excluding hydrogens is 535 g/mol. The van der Waals surface area contributed by atoms with Crippen molar-refractivity contribution < 1.29 is 35.9 Å². The monoisotopic (exact) mass is 561 g/mol. The number of nitrogens with zero attached hydrogens (tertiary/aromatic N) is 4. The van der Waals surface area contributed by atoms with Crippen LogP contribution in [0.3, 0.4) is 0 Å². The second kappa shape index (κ2) is 10.1. The third-order valence-electron chi connectivity index (χ3n) is 5.86. The summed E-state index contributed by atoms with van der Waals surface area (Å²) >= 11 is 5.47. The van der Waals surface area contributed by atoms with Crippen LogP contribution in [0.15, 0.2) is 18.2 Å². The van der Waals surface area contributed by atoms with Crippen molar-refractivity contribution in [2.24, 2.45) is 0 Å². The summed E-state index contributed by atoms with van der Waals surface area (Å²) in [5.41, 5.74) is -2.75. The summed E-state index contributed by atoms with van der Waals surface area (Å²) in [4.78, 5) is 27.5. The van der Waals surface area contributed by atoms with Crippen molar-refractivity contribution in [3.8, 4) is 6.07 Å². The summed E-state index contributed by atoms with van der Waals surface area (Å²) in [7, 11) is -4.17. The molecule has 10 nitrogen and oxygen atoms in total. The van der Waals surface area contributed by atoms with E-state index in [0.717, 1.165) is 21.3 Å². The SMILES string of the molecule is CC1C(=O)N(c2ccc(C#N)c(C(F)(F)F)c2)C(=S)N1C1CCN(S(=O)(=O)NC(=O)OC(C)(C)C)CC1. The highest BCUT2D eigenvalue weighted by atomic mass is 32.2. The van der Waals surface area contributed by atoms with Gasteiger partial charge in [-0.3, -0.25) is 9.69 Å². The molecule has 0 saturated carbocycles. The van der Waals surface area contributed by atoms with Gasteiger partial charge in [0.2, 0.25) is 0 Å². The van der Waals surface area contributed by atoms with Crippen LogP contribution < -0.4 is 9.62 Å². The van der Waals surface area contributed by atoms with Gasteiger partial charge in [-0.05, 0) is 71.0 Å². The summed E-state index contributed by atoms with van der Waals surface area (Å²) < 4.78 is 73.5. The summed E-state index contributed by atoms with van der Waals surface area (Å²) in [5.74, 6) is -0.538. The predicted octanol–water partition coefficient (Wildman–Crippen LogP) is 3.13. The van der Waals surface area contributed by atoms with E-state index >= 15 is 0 Å². The number of ether oxygens (including phenoxy) is 1. The van der Waals surface area contributed by atoms with Gasteiger partial charge in [-0.15, -0.1) is 0 Å². The van der Waals surface area contributed by atoms with Crippen molar-refractivity contribution in [3.05, 3.63) is 29.3 Å². The minimum absolute atomic E-state index is 0.0106. The molecule has 1 aromatic carbocycles. The highest BCUT2D eigenvalue weighted by Crippen LogP contribution is 2.37. The number of carbonyl (C=O) groups is 2. The maximum atomic E-state index is 13.4. The van der Waals surface area contributed by atoms with E-state index < -0.39 is 51.2 Å². The van der Waals surface area contributed by atoms with Gasteiger partial charge in [0.15, 0.2) is 5.11 Å². The Morgan fingerprint density at radius 1 is 1.22 bits per heavy atom. The van der Waals surface area contributed by atoms with Crippen LogP contribution in [0.4, 0.5) is 23.7 Å². The van der Waals surface area contributed by atoms with Crippen LogP contribution >= 0.6 is 12.2 Å². The molecule has 2 aliphatic heterocycles. The number of nitrogens with one attached hydrogen (secondary N) is 1. The van der Waals surface area contributed by atoms with E-state index in [4.69, 9.17) is 22.2 Å². The van der Waals surface area contributed by atoms with Gasteiger partial charge >= 0.3 is 22.5 Å². The second-order valence-electron chi connectivity index (χ2n) is 9.62. The Labute approximate surface area is 218 Å². The van der Waals surface area contributed by atoms with Crippen molar-refractivity contribution >= 4 is 45.2 Å². The number of hydrogen-bond acceptors (Lipinski definition) is 7. The number of nitriles is 1. The van der Waals surface area contributed by atoms with E-state index in [1.165, 1.54) is 12.1 Å². The first-order valence-electron chi connectivity index (χ1n) is 11.2. The lowest BCUT2D eigenvalue weighted by molar-refractivity contribution is -0.137. The van der Waals surface area contributed by atoms with E-state index in [2.05, 4.69) is 0 Å². The van der Waals surface area contributed by atoms with Gasteiger partial charge in [0, 0.05) is 19.1 Å². The molecule has 2 amide bonds. The maximum absolute atomic E-state index is 13.4. The molecular formula is C22H26F3N5O5S2. The summed E-state index contributed by atoms with van der Waals surface area (Å²) in [6, 6.07) is 3.26. The zero-order valence-corrected chi connectivity index (χ0v) is 22.1. The van der Waals surface area contributed by atoms with E-state index in [0.29, 0.717) is 0 Å². The molecule has 2 fully saturated rings. The van der Waals surface area contributed by atoms with Gasteiger partial charge in [-0.25, -0.2) is 9.52 Å². The summed E-state index contributed by atoms with van der Waals surface area (Å²) in [5, 5.41) is 9.02. The van der Waals surface area contributed by atoms with Crippen molar-refractivity contribution in [2.75, 3.05) is 18.0 Å². The Hall–Kier alpha value is -2.96. The molecule has 1 N–H and O–H groups in total. The molecule has 0 spiro atoms. The Morgan fingerprint density at radius 2 is 1.81 bits per heavy atom. The molecule has 0 aliphatic carbocycles. The lowest BCUT2D eigenvalue weighted by atomic mass is 10.0. The molecule has 3 rings (SSSR count). The van der Waals surface area contributed by atoms with Crippen molar-refractivity contribution in [1.82, 2.24) is 13.9 Å². The first-order valence-corrected chi connectivity index (χ1v) is 13.1. The number of rotatable bonds is 4. The smallest absolute Gasteiger partial charge is 0.422 e. The molecule has 1 atom stereocenters. The topological polar surface area (TPSA) is 123 Å². The second-order valence-corrected chi connectivity index (χ2v) is 11.7. The van der Waals surface area contributed by atoms with E-state index in [1.54, 1.807) is 32.6 Å². The van der Waals surface area contributed by atoms with Crippen LogP contribution in [0.5, 0.6) is 0 Å². The Morgan fingerprint density at radius 3 is 2.32 bits per heavy atom. The van der Waals surface area contributed by atoms with Crippen LogP contribution in [0, 0.1) is 11.3 Å². The molecule has 2 saturated heterocycles. The molecule has 2 heterocycles. The molecule has 202 valence electrons. The van der Waals surface area contributed by atoms with Gasteiger partial charge in [0.25, 0.3) is 5.91 Å². The summed E-state index contributed by atoms with van der Waals surface area (Å²) in [6.45, 7) is 6.37. The lowest BCUT2D eigenvalue weighted by Gasteiger charge is -2.38. The van der Waals surface area contributed by atoms with Gasteiger partial charge in [-0.1, -0.05) is 0 Å². The van der Waals surface area contributed by atoms with Gasteiger partial charge in [0.05, 0.1) is 22.9 Å². The molecule has 0 radical (unpaired) electrons. The average molecular weight is 562 g/mol. The van der Waals surface area contributed by atoms with Gasteiger partial charge < -0.3 is 9.64 Å². The molecule has 1 unspecified atom stereocenters. The maximum Gasteiger partial charge on any atom is 0.422 e. The number of hydrogen-bond donors (Lipinski definition) is 1. The third kappa shape index (κ3) is 6.13. The largest absolute Gasteiger partial charge is 0.443 e. The minimum atomic E-state index is -4.80. The number of carbonyl (C=O) groups excluding carboxylic acids is 2. The number of halogens is 3. The van der Waals surface area contributed by atoms with Gasteiger partial charge in [-0.2, -0.15) is 31.2 Å². The predicted molar refractivity (Wildman–Crippen MR) is 130 cm³/mol. The fourth-order valence-electron chi connectivity index (χ4n) is 4.22. The Kier molecular flexibility index (Phi) is 7.79. The fraction of sp³-hybridized carbons (Fsp3) is 0.545. The van der Waals surface area contributed by atoms with Crippen molar-refractivity contribution in [1.29, 1.82) is 5.26 Å². The molecule has 0 aromatic heterocycles. The van der Waals surface area contributed by atoms with E-state index in [1.807, 2.05) is 4.72 Å². The fourth-order valence-corrected chi connectivity index (χ4v) is 5.80. The van der Waals surface area contributed by atoms with Crippen LogP contribution in [0.1, 0.15) is 51.7 Å². The van der Waals surface area contributed by atoms with Crippen molar-refractivity contribution in [2.45, 2.75) is 64.4 Å². The zero-order valence-electron chi connectivity index (χ0n) is 20.5. The summed E-state index contributed by atoms with van der Waals surface area (Å²) in [6.07, 6.45) is -5.40. The first-order chi connectivity index (χ1) is 17.0. The number of piperidine rings is 1. The van der Waals surface area contributed by atoms with Crippen LogP contribution in [-0.2, 0) is 25.9 Å². The minimum Gasteiger partial charge on any atom is -0.443 e. The van der Waals surface area contributed by atoms with Crippen LogP contribution in [-0.4, -0.2) is 65.5 Å². The molecule has 37 heavy (non-hydrogen) atoms. The molecule has 2 aliphatic rings.